The van der Waals surface area contributed by atoms with Crippen molar-refractivity contribution in [3.63, 3.8) is 0 Å². The van der Waals surface area contributed by atoms with Gasteiger partial charge in [-0.05, 0) is 0 Å². The van der Waals surface area contributed by atoms with Crippen LogP contribution in [0, 0.1) is 0 Å². The van der Waals surface area contributed by atoms with Gasteiger partial charge in [0.05, 0.1) is 0 Å². The van der Waals surface area contributed by atoms with Crippen LogP contribution in [-0.4, -0.2) is 134 Å². The van der Waals surface area contributed by atoms with Crippen molar-refractivity contribution in [2.75, 3.05) is 0 Å². The van der Waals surface area contributed by atoms with Crippen LogP contribution in [0.5, 0.6) is 0 Å². The summed E-state index contributed by atoms with van der Waals surface area (Å²) in [6.07, 6.45) is 15.5. The summed E-state index contributed by atoms with van der Waals surface area (Å²) >= 11 is -1.27. The quantitative estimate of drug-likeness (QED) is 0.0827. The number of rotatable bonds is 8. The van der Waals surface area contributed by atoms with Crippen LogP contribution in [0.15, 0.2) is 338 Å². The Bertz CT molecular complexity index is 6610. The number of nitrogens with zero attached hydrogens (tertiary/aromatic N) is 4. The zero-order valence-electron chi connectivity index (χ0n) is 59.0. The molecule has 0 spiro atoms. The average molecular weight is 1810 g/mol. The monoisotopic (exact) mass is 1810 g/mol. The van der Waals surface area contributed by atoms with Gasteiger partial charge in [0.15, 0.2) is 0 Å². The van der Waals surface area contributed by atoms with E-state index in [0.29, 0.717) is 55.7 Å². The molecular formula is C96H56N4O8Se2Te2. The number of ketones is 8. The van der Waals surface area contributed by atoms with Gasteiger partial charge in [0.25, 0.3) is 0 Å². The molecule has 0 aliphatic heterocycles. The van der Waals surface area contributed by atoms with E-state index in [2.05, 4.69) is 146 Å². The fraction of sp³-hybridized carbons (Fsp3) is 0. The zero-order chi connectivity index (χ0) is 75.8. The van der Waals surface area contributed by atoms with E-state index >= 15 is 0 Å². The molecule has 0 unspecified atom stereocenters. The normalized spacial score (nSPS) is 13.4. The number of para-hydroxylation sites is 4. The summed E-state index contributed by atoms with van der Waals surface area (Å²) in [5, 5.41) is 8.74. The molecule has 4 aliphatic carbocycles. The number of benzene rings is 10. The zero-order valence-corrected chi connectivity index (χ0v) is 67.1. The molecular weight excluding hydrogens is 1750 g/mol. The number of allylic oxidation sites excluding steroid dienone is 4. The van der Waals surface area contributed by atoms with Crippen molar-refractivity contribution >= 4 is 206 Å². The second-order valence-corrected chi connectivity index (χ2v) is 38.0. The molecule has 8 aromatic heterocycles. The molecule has 112 heavy (non-hydrogen) atoms. The molecule has 0 saturated heterocycles. The number of fused-ring (bicyclic) bond motifs is 10. The maximum atomic E-state index is 13.0. The van der Waals surface area contributed by atoms with Crippen LogP contribution in [0.3, 0.4) is 0 Å². The molecule has 12 nitrogen and oxygen atoms in total. The van der Waals surface area contributed by atoms with Gasteiger partial charge in [-0.3, -0.25) is 0 Å². The average Bonchev–Trinajstić information content (AvgIpc) is 1.61. The first kappa shape index (κ1) is 70.1. The summed E-state index contributed by atoms with van der Waals surface area (Å²) in [6.45, 7) is 0. The minimum atomic E-state index is -0.689. The van der Waals surface area contributed by atoms with E-state index in [9.17, 15) is 38.4 Å². The number of carbonyl (C=O) groups excluding carboxylic acids is 8. The van der Waals surface area contributed by atoms with E-state index in [1.807, 2.05) is 152 Å². The van der Waals surface area contributed by atoms with Crippen molar-refractivity contribution in [2.45, 2.75) is 0 Å². The van der Waals surface area contributed by atoms with Gasteiger partial charge in [-0.15, -0.1) is 0 Å². The predicted octanol–water partition coefficient (Wildman–Crippen LogP) is 18.9. The Morgan fingerprint density at radius 2 is 0.473 bits per heavy atom. The Balaban J connectivity index is 0.000000101. The molecule has 4 aliphatic rings. The van der Waals surface area contributed by atoms with Crippen molar-refractivity contribution in [1.29, 1.82) is 0 Å². The number of aromatic nitrogens is 4. The first-order valence-electron chi connectivity index (χ1n) is 36.0. The Kier molecular flexibility index (Phi) is 18.3. The van der Waals surface area contributed by atoms with Gasteiger partial charge in [0.2, 0.25) is 0 Å². The molecule has 0 N–H and O–H groups in total. The van der Waals surface area contributed by atoms with E-state index in [1.54, 1.807) is 60.7 Å². The summed E-state index contributed by atoms with van der Waals surface area (Å²) in [6, 6.07) is 95.2. The van der Waals surface area contributed by atoms with E-state index in [0.717, 1.165) is 37.6 Å². The van der Waals surface area contributed by atoms with Crippen LogP contribution in [0.25, 0.3) is 106 Å². The number of hydrogen-bond acceptors (Lipinski definition) is 8. The molecule has 0 bridgehead atoms. The van der Waals surface area contributed by atoms with Gasteiger partial charge in [0.1, 0.15) is 0 Å². The van der Waals surface area contributed by atoms with Crippen LogP contribution >= 0.6 is 0 Å². The first-order valence-corrected chi connectivity index (χ1v) is 44.0. The second-order valence-electron chi connectivity index (χ2n) is 27.1. The van der Waals surface area contributed by atoms with Crippen molar-refractivity contribution in [3.05, 3.63) is 399 Å². The molecule has 22 rings (SSSR count). The summed E-state index contributed by atoms with van der Waals surface area (Å²) in [5.41, 5.74) is 10.0. The second kappa shape index (κ2) is 29.2. The molecule has 8 heterocycles. The van der Waals surface area contributed by atoms with E-state index in [1.165, 1.54) is 60.1 Å². The predicted molar refractivity (Wildman–Crippen MR) is 448 cm³/mol. The molecule has 16 heteroatoms. The molecule has 0 atom stereocenters. The van der Waals surface area contributed by atoms with Crippen molar-refractivity contribution < 1.29 is 38.4 Å². The number of carbonyl (C=O) groups is 8. The Hall–Kier alpha value is -12.3. The van der Waals surface area contributed by atoms with Crippen LogP contribution in [0.1, 0.15) is 98.9 Å². The van der Waals surface area contributed by atoms with Gasteiger partial charge in [0, 0.05) is 0 Å². The molecule has 0 fully saturated rings. The van der Waals surface area contributed by atoms with Crippen LogP contribution in [-0.2, 0) is 0 Å². The van der Waals surface area contributed by atoms with Gasteiger partial charge < -0.3 is 0 Å². The minimum absolute atomic E-state index is 0.0227. The Morgan fingerprint density at radius 1 is 0.223 bits per heavy atom. The summed E-state index contributed by atoms with van der Waals surface area (Å²) in [5.74, 6) is -1.29. The van der Waals surface area contributed by atoms with E-state index in [4.69, 9.17) is 0 Å². The molecule has 532 valence electrons. The van der Waals surface area contributed by atoms with Crippen molar-refractivity contribution in [1.82, 2.24) is 18.3 Å². The van der Waals surface area contributed by atoms with Gasteiger partial charge in [-0.1, -0.05) is 0 Å². The summed E-state index contributed by atoms with van der Waals surface area (Å²) in [7, 11) is 0. The topological polar surface area (TPSA) is 156 Å². The Morgan fingerprint density at radius 3 is 0.786 bits per heavy atom. The number of Topliss-reactive ketones (excluding diaryl/α,β-unsaturated/α-hetero) is 8. The van der Waals surface area contributed by atoms with E-state index in [-0.39, 0.29) is 86.4 Å². The van der Waals surface area contributed by atoms with Gasteiger partial charge in [-0.2, -0.15) is 0 Å². The molecule has 10 aromatic carbocycles. The molecule has 0 saturated carbocycles. The first-order chi connectivity index (χ1) is 54.8. The van der Waals surface area contributed by atoms with E-state index < -0.39 is 40.9 Å². The number of hydrogen-bond donors (Lipinski definition) is 0. The van der Waals surface area contributed by atoms with Crippen LogP contribution in [0.4, 0.5) is 0 Å². The SMILES string of the molecule is O=C1C(=Cc2ccc(-n3ccc4ccccc43)[se]2)C(=O)c2cc3ccccc3cc21.O=C1C(=Cc2ccc(-n3ccc4ccccc43)[se]2)C(=O)c2ccccc21.O=C1C(=Cc2ccc(-n3ccc4ccccc43)[te]2)C(=O)c2cc3ccccc3cc21.O=C1C(=Cc2ccc(-n3ccc4ccccc43)[te]2)C(=O)c2ccccc21. The Labute approximate surface area is 671 Å². The molecule has 18 aromatic rings. The van der Waals surface area contributed by atoms with Gasteiger partial charge in [-0.25, -0.2) is 0 Å². The third kappa shape index (κ3) is 12.8. The summed E-state index contributed by atoms with van der Waals surface area (Å²) < 4.78 is 18.0. The van der Waals surface area contributed by atoms with Gasteiger partial charge >= 0.3 is 678 Å². The molecule has 0 radical (unpaired) electrons. The maximum absolute atomic E-state index is 13.0. The summed E-state index contributed by atoms with van der Waals surface area (Å²) in [4.78, 5) is 102. The van der Waals surface area contributed by atoms with Crippen LogP contribution < -0.4 is 0 Å². The van der Waals surface area contributed by atoms with Crippen molar-refractivity contribution in [2.24, 2.45) is 0 Å². The standard InChI is InChI=1S/C26H15NO2Se.C26H15NO2Te.C22H13NO2Se.C22H13NO2Te/c2*28-25-20-13-17-6-1-2-7-18(17)14-21(20)26(29)22(25)15-19-9-10-24(30-19)27-12-11-16-5-3-4-8-23(16)27;2*24-21-16-6-2-3-7-17(16)22(25)18(21)13-15-9-10-20(26-15)23-12-11-14-5-1-4-8-19(14)23/h2*1-15H;2*1-13H. The fourth-order valence-corrected chi connectivity index (χ4v) is 24.3. The fourth-order valence-electron chi connectivity index (χ4n) is 15.0. The third-order valence-electron chi connectivity index (χ3n) is 20.5. The van der Waals surface area contributed by atoms with Crippen molar-refractivity contribution in [3.8, 4) is 16.5 Å². The molecule has 0 amide bonds. The van der Waals surface area contributed by atoms with Crippen LogP contribution in [0.2, 0.25) is 0 Å². The third-order valence-corrected chi connectivity index (χ3v) is 30.7.